The van der Waals surface area contributed by atoms with Crippen molar-refractivity contribution in [2.24, 2.45) is 0 Å². The first-order valence-corrected chi connectivity index (χ1v) is 4.46. The highest BCUT2D eigenvalue weighted by Gasteiger charge is 2.15. The number of para-hydroxylation sites is 1. The van der Waals surface area contributed by atoms with Gasteiger partial charge in [0.1, 0.15) is 0 Å². The van der Waals surface area contributed by atoms with Gasteiger partial charge in [-0.1, -0.05) is 24.3 Å². The van der Waals surface area contributed by atoms with Gasteiger partial charge in [0.15, 0.2) is 0 Å². The predicted octanol–water partition coefficient (Wildman–Crippen LogP) is 2.38. The van der Waals surface area contributed by atoms with Gasteiger partial charge in [0, 0.05) is 0 Å². The van der Waals surface area contributed by atoms with Gasteiger partial charge in [-0.15, -0.1) is 6.58 Å². The van der Waals surface area contributed by atoms with Crippen LogP contribution in [-0.2, 0) is 9.57 Å². The van der Waals surface area contributed by atoms with Crippen molar-refractivity contribution in [1.29, 1.82) is 0 Å². The average Bonchev–Trinajstić information content (AvgIpc) is 2.30. The Labute approximate surface area is 88.7 Å². The quantitative estimate of drug-likeness (QED) is 0.562. The highest BCUT2D eigenvalue weighted by molar-refractivity contribution is 5.85. The Bertz CT molecular complexity index is 324. The fourth-order valence-electron chi connectivity index (χ4n) is 1.01. The van der Waals surface area contributed by atoms with E-state index in [1.54, 1.807) is 18.2 Å². The molecule has 0 aromatic heterocycles. The van der Waals surface area contributed by atoms with Gasteiger partial charge in [-0.25, -0.2) is 4.79 Å². The minimum Gasteiger partial charge on any atom is -0.451 e. The van der Waals surface area contributed by atoms with Gasteiger partial charge < -0.3 is 4.74 Å². The highest BCUT2D eigenvalue weighted by Crippen LogP contribution is 2.14. The molecule has 0 radical (unpaired) electrons. The van der Waals surface area contributed by atoms with E-state index in [1.165, 1.54) is 7.11 Å². The van der Waals surface area contributed by atoms with E-state index in [9.17, 15) is 4.79 Å². The zero-order valence-corrected chi connectivity index (χ0v) is 8.55. The minimum atomic E-state index is -0.567. The van der Waals surface area contributed by atoms with Gasteiger partial charge in [0.2, 0.25) is 0 Å². The minimum absolute atomic E-state index is 0.240. The van der Waals surface area contributed by atoms with E-state index in [4.69, 9.17) is 4.84 Å². The standard InChI is InChI=1S/C11H13NO3/c1-3-9-15-12(11(13)14-2)10-7-5-4-6-8-10/h3-8H,1,9H2,2H3. The SMILES string of the molecule is C=CCON(C(=O)OC)c1ccccc1. The third-order valence-corrected chi connectivity index (χ3v) is 1.65. The number of benzene rings is 1. The number of rotatable bonds is 4. The van der Waals surface area contributed by atoms with Crippen LogP contribution in [0.15, 0.2) is 43.0 Å². The van der Waals surface area contributed by atoms with Crippen molar-refractivity contribution in [3.05, 3.63) is 43.0 Å². The summed E-state index contributed by atoms with van der Waals surface area (Å²) in [6.07, 6.45) is 0.988. The van der Waals surface area contributed by atoms with E-state index in [0.717, 1.165) is 5.06 Å². The predicted molar refractivity (Wildman–Crippen MR) is 57.5 cm³/mol. The van der Waals surface area contributed by atoms with Crippen molar-refractivity contribution < 1.29 is 14.4 Å². The third kappa shape index (κ3) is 3.11. The molecule has 80 valence electrons. The monoisotopic (exact) mass is 207 g/mol. The molecule has 0 saturated carbocycles. The van der Waals surface area contributed by atoms with E-state index in [-0.39, 0.29) is 6.61 Å². The van der Waals surface area contributed by atoms with Gasteiger partial charge in [-0.3, -0.25) is 4.84 Å². The number of anilines is 1. The molecule has 0 bridgehead atoms. The molecule has 4 nitrogen and oxygen atoms in total. The van der Waals surface area contributed by atoms with Crippen LogP contribution >= 0.6 is 0 Å². The zero-order chi connectivity index (χ0) is 11.1. The smallest absolute Gasteiger partial charge is 0.438 e. The molecule has 4 heteroatoms. The zero-order valence-electron chi connectivity index (χ0n) is 8.55. The molecule has 0 N–H and O–H groups in total. The first-order chi connectivity index (χ1) is 7.29. The summed E-state index contributed by atoms with van der Waals surface area (Å²) in [6.45, 7) is 3.75. The maximum Gasteiger partial charge on any atom is 0.438 e. The molecule has 0 saturated heterocycles. The Morgan fingerprint density at radius 2 is 2.13 bits per heavy atom. The highest BCUT2D eigenvalue weighted by atomic mass is 16.7. The second-order valence-electron chi connectivity index (χ2n) is 2.68. The van der Waals surface area contributed by atoms with Crippen LogP contribution in [0.5, 0.6) is 0 Å². The molecule has 1 aromatic carbocycles. The normalized spacial score (nSPS) is 9.40. The number of methoxy groups -OCH3 is 1. The van der Waals surface area contributed by atoms with Gasteiger partial charge in [0.25, 0.3) is 0 Å². The molecule has 1 amide bonds. The first-order valence-electron chi connectivity index (χ1n) is 4.46. The van der Waals surface area contributed by atoms with Gasteiger partial charge in [-0.2, -0.15) is 5.06 Å². The van der Waals surface area contributed by atoms with Gasteiger partial charge >= 0.3 is 6.09 Å². The molecule has 1 rings (SSSR count). The lowest BCUT2D eigenvalue weighted by molar-refractivity contribution is 0.0999. The summed E-state index contributed by atoms with van der Waals surface area (Å²) in [7, 11) is 1.30. The van der Waals surface area contributed by atoms with E-state index >= 15 is 0 Å². The topological polar surface area (TPSA) is 38.8 Å². The fourth-order valence-corrected chi connectivity index (χ4v) is 1.01. The van der Waals surface area contributed by atoms with Crippen LogP contribution in [0.1, 0.15) is 0 Å². The largest absolute Gasteiger partial charge is 0.451 e. The molecule has 0 heterocycles. The van der Waals surface area contributed by atoms with Crippen molar-refractivity contribution >= 4 is 11.8 Å². The third-order valence-electron chi connectivity index (χ3n) is 1.65. The molecule has 0 fully saturated rings. The van der Waals surface area contributed by atoms with Crippen molar-refractivity contribution in [2.75, 3.05) is 18.8 Å². The maximum absolute atomic E-state index is 11.4. The summed E-state index contributed by atoms with van der Waals surface area (Å²) in [5.41, 5.74) is 0.617. The molecule has 0 aliphatic rings. The lowest BCUT2D eigenvalue weighted by Gasteiger charge is -2.19. The van der Waals surface area contributed by atoms with E-state index in [1.807, 2.05) is 18.2 Å². The number of nitrogens with zero attached hydrogens (tertiary/aromatic N) is 1. The Morgan fingerprint density at radius 1 is 1.47 bits per heavy atom. The van der Waals surface area contributed by atoms with Crippen LogP contribution in [0.3, 0.4) is 0 Å². The Kier molecular flexibility index (Phi) is 4.37. The molecule has 0 atom stereocenters. The van der Waals surface area contributed by atoms with Gasteiger partial charge in [0.05, 0.1) is 19.4 Å². The Balaban J connectivity index is 2.81. The molecule has 0 aliphatic heterocycles. The van der Waals surface area contributed by atoms with E-state index in [2.05, 4.69) is 11.3 Å². The van der Waals surface area contributed by atoms with Crippen LogP contribution in [0.4, 0.5) is 10.5 Å². The summed E-state index contributed by atoms with van der Waals surface area (Å²) >= 11 is 0. The van der Waals surface area contributed by atoms with Crippen LogP contribution in [0.2, 0.25) is 0 Å². The van der Waals surface area contributed by atoms with Gasteiger partial charge in [-0.05, 0) is 12.1 Å². The van der Waals surface area contributed by atoms with E-state index in [0.29, 0.717) is 5.69 Å². The second kappa shape index (κ2) is 5.82. The second-order valence-corrected chi connectivity index (χ2v) is 2.68. The van der Waals surface area contributed by atoms with E-state index < -0.39 is 6.09 Å². The molecule has 0 aliphatic carbocycles. The summed E-state index contributed by atoms with van der Waals surface area (Å²) in [5.74, 6) is 0. The van der Waals surface area contributed by atoms with Crippen molar-refractivity contribution in [3.8, 4) is 0 Å². The number of ether oxygens (including phenoxy) is 1. The fraction of sp³-hybridized carbons (Fsp3) is 0.182. The van der Waals surface area contributed by atoms with Crippen LogP contribution in [0, 0.1) is 0 Å². The Morgan fingerprint density at radius 3 is 2.67 bits per heavy atom. The lowest BCUT2D eigenvalue weighted by atomic mass is 10.3. The molecule has 15 heavy (non-hydrogen) atoms. The van der Waals surface area contributed by atoms with Crippen LogP contribution < -0.4 is 5.06 Å². The summed E-state index contributed by atoms with van der Waals surface area (Å²) in [4.78, 5) is 16.5. The molecule has 0 unspecified atom stereocenters. The number of amides is 1. The number of carbonyl (C=O) groups excluding carboxylic acids is 1. The van der Waals surface area contributed by atoms with Crippen molar-refractivity contribution in [2.45, 2.75) is 0 Å². The lowest BCUT2D eigenvalue weighted by Crippen LogP contribution is -2.30. The summed E-state index contributed by atoms with van der Waals surface area (Å²) in [6, 6.07) is 8.97. The number of carbonyl (C=O) groups is 1. The van der Waals surface area contributed by atoms with Crippen molar-refractivity contribution in [3.63, 3.8) is 0 Å². The van der Waals surface area contributed by atoms with Crippen LogP contribution in [-0.4, -0.2) is 19.8 Å². The van der Waals surface area contributed by atoms with Crippen molar-refractivity contribution in [1.82, 2.24) is 0 Å². The average molecular weight is 207 g/mol. The Hall–Kier alpha value is -1.81. The van der Waals surface area contributed by atoms with Crippen LogP contribution in [0.25, 0.3) is 0 Å². The summed E-state index contributed by atoms with van der Waals surface area (Å²) < 4.78 is 4.59. The number of hydroxylamine groups is 1. The molecular formula is C11H13NO3. The molecular weight excluding hydrogens is 194 g/mol. The number of hydrogen-bond donors (Lipinski definition) is 0. The number of hydrogen-bond acceptors (Lipinski definition) is 3. The molecule has 0 spiro atoms. The molecule has 1 aromatic rings. The first kappa shape index (κ1) is 11.3. The summed E-state index contributed by atoms with van der Waals surface area (Å²) in [5, 5.41) is 1.08. The maximum atomic E-state index is 11.4.